The largest absolute Gasteiger partial charge is 0.489 e. The van der Waals surface area contributed by atoms with E-state index < -0.39 is 0 Å². The molecule has 2 aromatic rings. The summed E-state index contributed by atoms with van der Waals surface area (Å²) in [4.78, 5) is 12.0. The number of imidazole rings is 1. The monoisotopic (exact) mass is 275 g/mol. The minimum absolute atomic E-state index is 0.132. The molecule has 1 N–H and O–H groups in total. The smallest absolute Gasteiger partial charge is 0.334 e. The fourth-order valence-corrected chi connectivity index (χ4v) is 2.60. The van der Waals surface area contributed by atoms with Crippen LogP contribution in [-0.4, -0.2) is 34.8 Å². The number of aromatic nitrogens is 2. The first-order valence-electron chi connectivity index (χ1n) is 6.67. The number of nitrogens with zero attached hydrogens (tertiary/aromatic N) is 2. The topological polar surface area (TPSA) is 69.2 Å². The van der Waals surface area contributed by atoms with E-state index in [0.29, 0.717) is 23.4 Å². The van der Waals surface area contributed by atoms with Crippen LogP contribution in [0.25, 0.3) is 11.0 Å². The van der Waals surface area contributed by atoms with Crippen molar-refractivity contribution in [1.82, 2.24) is 9.13 Å². The first-order chi connectivity index (χ1) is 9.72. The van der Waals surface area contributed by atoms with Gasteiger partial charge >= 0.3 is 5.69 Å². The van der Waals surface area contributed by atoms with E-state index in [-0.39, 0.29) is 11.8 Å². The van der Waals surface area contributed by atoms with Crippen LogP contribution < -0.4 is 10.4 Å². The van der Waals surface area contributed by atoms with Crippen LogP contribution >= 0.6 is 0 Å². The van der Waals surface area contributed by atoms with Gasteiger partial charge in [0.25, 0.3) is 0 Å². The molecule has 1 aliphatic heterocycles. The molecule has 20 heavy (non-hydrogen) atoms. The van der Waals surface area contributed by atoms with Crippen LogP contribution in [0.3, 0.4) is 0 Å². The highest BCUT2D eigenvalue weighted by molar-refractivity contribution is 5.87. The van der Waals surface area contributed by atoms with Crippen molar-refractivity contribution in [1.29, 1.82) is 5.41 Å². The van der Waals surface area contributed by atoms with E-state index in [1.54, 1.807) is 13.1 Å². The molecule has 1 atom stereocenters. The van der Waals surface area contributed by atoms with Gasteiger partial charge in [0.2, 0.25) is 0 Å². The second-order valence-electron chi connectivity index (χ2n) is 4.91. The third-order valence-electron chi connectivity index (χ3n) is 3.64. The van der Waals surface area contributed by atoms with Gasteiger partial charge in [0, 0.05) is 13.7 Å². The Morgan fingerprint density at radius 1 is 1.55 bits per heavy atom. The summed E-state index contributed by atoms with van der Waals surface area (Å²) in [7, 11) is 1.68. The van der Waals surface area contributed by atoms with Gasteiger partial charge in [-0.15, -0.1) is 0 Å². The molecule has 0 spiro atoms. The van der Waals surface area contributed by atoms with E-state index in [4.69, 9.17) is 14.9 Å². The van der Waals surface area contributed by atoms with Crippen LogP contribution in [0.4, 0.5) is 0 Å². The molecular formula is C14H17N3O3. The van der Waals surface area contributed by atoms with Crippen molar-refractivity contribution >= 4 is 17.4 Å². The van der Waals surface area contributed by atoms with Gasteiger partial charge in [-0.1, -0.05) is 6.07 Å². The lowest BCUT2D eigenvalue weighted by atomic mass is 10.2. The molecule has 1 saturated heterocycles. The lowest BCUT2D eigenvalue weighted by Crippen LogP contribution is -2.21. The molecule has 0 bridgehead atoms. The number of aryl methyl sites for hydroxylation is 1. The van der Waals surface area contributed by atoms with E-state index in [1.807, 2.05) is 12.1 Å². The van der Waals surface area contributed by atoms with Crippen LogP contribution in [0.2, 0.25) is 0 Å². The molecule has 106 valence electrons. The molecular weight excluding hydrogens is 258 g/mol. The maximum atomic E-state index is 12.0. The molecule has 0 unspecified atom stereocenters. The third-order valence-corrected chi connectivity index (χ3v) is 3.64. The van der Waals surface area contributed by atoms with Crippen LogP contribution in [0.5, 0.6) is 5.75 Å². The van der Waals surface area contributed by atoms with Crippen molar-refractivity contribution in [2.24, 2.45) is 7.05 Å². The van der Waals surface area contributed by atoms with Crippen molar-refractivity contribution in [3.63, 3.8) is 0 Å². The quantitative estimate of drug-likeness (QED) is 0.676. The van der Waals surface area contributed by atoms with Crippen LogP contribution in [0.1, 0.15) is 12.8 Å². The van der Waals surface area contributed by atoms with E-state index in [2.05, 4.69) is 0 Å². The number of hydrogen-bond acceptors (Lipinski definition) is 4. The maximum Gasteiger partial charge on any atom is 0.334 e. The number of nitrogens with one attached hydrogen (secondary N) is 1. The molecule has 1 fully saturated rings. The summed E-state index contributed by atoms with van der Waals surface area (Å²) in [6.07, 6.45) is 3.23. The maximum absolute atomic E-state index is 12.0. The number of benzene rings is 1. The summed E-state index contributed by atoms with van der Waals surface area (Å²) in [6, 6.07) is 5.47. The van der Waals surface area contributed by atoms with Crippen molar-refractivity contribution in [3.05, 3.63) is 28.7 Å². The zero-order valence-electron chi connectivity index (χ0n) is 11.3. The fourth-order valence-electron chi connectivity index (χ4n) is 2.60. The Balaban J connectivity index is 1.98. The van der Waals surface area contributed by atoms with E-state index in [1.165, 1.54) is 9.13 Å². The summed E-state index contributed by atoms with van der Waals surface area (Å²) in [5.41, 5.74) is 1.14. The molecule has 2 heterocycles. The number of hydrogen-bond donors (Lipinski definition) is 1. The van der Waals surface area contributed by atoms with Gasteiger partial charge in [-0.2, -0.15) is 0 Å². The highest BCUT2D eigenvalue weighted by atomic mass is 16.5. The lowest BCUT2D eigenvalue weighted by molar-refractivity contribution is 0.0684. The SMILES string of the molecule is Cn1c(=O)n(C=N)c2cccc(OC[C@@H]3CCCO3)c21. The van der Waals surface area contributed by atoms with Crippen molar-refractivity contribution in [2.75, 3.05) is 13.2 Å². The van der Waals surface area contributed by atoms with Gasteiger partial charge in [0.05, 0.1) is 18.0 Å². The van der Waals surface area contributed by atoms with E-state index >= 15 is 0 Å². The highest BCUT2D eigenvalue weighted by Gasteiger charge is 2.18. The molecule has 0 radical (unpaired) electrons. The second-order valence-corrected chi connectivity index (χ2v) is 4.91. The Hall–Kier alpha value is -2.08. The Labute approximate surface area is 116 Å². The van der Waals surface area contributed by atoms with Crippen molar-refractivity contribution in [3.8, 4) is 5.75 Å². The van der Waals surface area contributed by atoms with Crippen LogP contribution in [0, 0.1) is 5.41 Å². The molecule has 1 aromatic carbocycles. The Morgan fingerprint density at radius 3 is 3.10 bits per heavy atom. The Bertz CT molecular complexity index is 695. The summed E-state index contributed by atoms with van der Waals surface area (Å²) in [5.74, 6) is 0.651. The molecule has 3 rings (SSSR count). The third kappa shape index (κ3) is 2.02. The summed E-state index contributed by atoms with van der Waals surface area (Å²) < 4.78 is 14.2. The van der Waals surface area contributed by atoms with Crippen molar-refractivity contribution < 1.29 is 9.47 Å². The zero-order valence-corrected chi connectivity index (χ0v) is 11.3. The molecule has 1 aliphatic rings. The van der Waals surface area contributed by atoms with Gasteiger partial charge < -0.3 is 9.47 Å². The Morgan fingerprint density at radius 2 is 2.40 bits per heavy atom. The van der Waals surface area contributed by atoms with Gasteiger partial charge in [-0.25, -0.2) is 4.79 Å². The highest BCUT2D eigenvalue weighted by Crippen LogP contribution is 2.25. The zero-order chi connectivity index (χ0) is 14.1. The van der Waals surface area contributed by atoms with Gasteiger partial charge in [-0.3, -0.25) is 14.5 Å². The van der Waals surface area contributed by atoms with Crippen LogP contribution in [0.15, 0.2) is 23.0 Å². The normalized spacial score (nSPS) is 18.6. The lowest BCUT2D eigenvalue weighted by Gasteiger charge is -2.12. The molecule has 6 nitrogen and oxygen atoms in total. The first kappa shape index (κ1) is 12.9. The fraction of sp³-hybridized carbons (Fsp3) is 0.429. The summed E-state index contributed by atoms with van der Waals surface area (Å²) in [6.45, 7) is 1.28. The standard InChI is InChI=1S/C14H17N3O3/c1-16-13-11(17(9-15)14(16)18)5-2-6-12(13)20-8-10-4-3-7-19-10/h2,5-6,9-10,15H,3-4,7-8H2,1H3/t10-/m0/s1. The van der Waals surface area contributed by atoms with Crippen molar-refractivity contribution in [2.45, 2.75) is 18.9 Å². The molecule has 0 aliphatic carbocycles. The predicted octanol–water partition coefficient (Wildman–Crippen LogP) is 1.35. The second kappa shape index (κ2) is 5.13. The Kier molecular flexibility index (Phi) is 3.31. The van der Waals surface area contributed by atoms with Gasteiger partial charge in [0.1, 0.15) is 17.9 Å². The average molecular weight is 275 g/mol. The molecule has 1 aromatic heterocycles. The number of rotatable bonds is 4. The number of ether oxygens (including phenoxy) is 2. The molecule has 0 saturated carbocycles. The number of para-hydroxylation sites is 1. The summed E-state index contributed by atoms with van der Waals surface area (Å²) in [5, 5.41) is 7.35. The van der Waals surface area contributed by atoms with Crippen LogP contribution in [-0.2, 0) is 11.8 Å². The molecule has 0 amide bonds. The minimum atomic E-state index is -0.247. The summed E-state index contributed by atoms with van der Waals surface area (Å²) >= 11 is 0. The first-order valence-corrected chi connectivity index (χ1v) is 6.67. The van der Waals surface area contributed by atoms with E-state index in [0.717, 1.165) is 25.8 Å². The molecule has 6 heteroatoms. The predicted molar refractivity (Wildman–Crippen MR) is 75.8 cm³/mol. The average Bonchev–Trinajstić information content (AvgIpc) is 3.05. The number of fused-ring (bicyclic) bond motifs is 1. The minimum Gasteiger partial charge on any atom is -0.489 e. The van der Waals surface area contributed by atoms with Gasteiger partial charge in [-0.05, 0) is 25.0 Å². The van der Waals surface area contributed by atoms with E-state index in [9.17, 15) is 4.79 Å². The van der Waals surface area contributed by atoms with Gasteiger partial charge in [0.15, 0.2) is 0 Å².